The second kappa shape index (κ2) is 7.89. The molecule has 0 aliphatic carbocycles. The Morgan fingerprint density at radius 3 is 2.73 bits per heavy atom. The van der Waals surface area contributed by atoms with Gasteiger partial charge in [0, 0.05) is 32.2 Å². The van der Waals surface area contributed by atoms with E-state index in [9.17, 15) is 13.6 Å². The third kappa shape index (κ3) is 4.13. The van der Waals surface area contributed by atoms with E-state index in [1.165, 1.54) is 12.3 Å². The summed E-state index contributed by atoms with van der Waals surface area (Å²) in [5.41, 5.74) is 0.0879. The number of benzene rings is 1. The summed E-state index contributed by atoms with van der Waals surface area (Å²) in [7, 11) is 0. The zero-order valence-corrected chi connectivity index (χ0v) is 14.2. The number of hydrogen-bond acceptors (Lipinski definition) is 7. The number of aromatic nitrogens is 3. The van der Waals surface area contributed by atoms with E-state index < -0.39 is 11.6 Å². The van der Waals surface area contributed by atoms with Gasteiger partial charge in [0.25, 0.3) is 0 Å². The lowest BCUT2D eigenvalue weighted by atomic mass is 10.3. The van der Waals surface area contributed by atoms with Crippen LogP contribution >= 0.6 is 0 Å². The Balaban J connectivity index is 1.65. The third-order valence-electron chi connectivity index (χ3n) is 3.83. The molecule has 0 atom stereocenters. The molecule has 26 heavy (non-hydrogen) atoms. The fourth-order valence-corrected chi connectivity index (χ4v) is 2.52. The number of hydrogen-bond donors (Lipinski definition) is 1. The molecule has 1 fully saturated rings. The van der Waals surface area contributed by atoms with Crippen molar-refractivity contribution in [3.05, 3.63) is 36.0 Å². The number of nitrogens with one attached hydrogen (secondary N) is 1. The molecule has 8 nitrogen and oxygen atoms in total. The summed E-state index contributed by atoms with van der Waals surface area (Å²) in [5, 5.41) is 10.6. The molecule has 1 saturated heterocycles. The average molecular weight is 364 g/mol. The van der Waals surface area contributed by atoms with Gasteiger partial charge in [0.1, 0.15) is 11.6 Å². The van der Waals surface area contributed by atoms with Gasteiger partial charge in [-0.3, -0.25) is 0 Å². The Bertz CT molecular complexity index is 783. The molecule has 0 saturated carbocycles. The Labute approximate surface area is 148 Å². The van der Waals surface area contributed by atoms with Crippen LogP contribution in [-0.2, 0) is 4.74 Å². The zero-order chi connectivity index (χ0) is 18.5. The highest BCUT2D eigenvalue weighted by Gasteiger charge is 2.23. The number of carbonyl (C=O) groups excluding carboxylic acids is 1. The van der Waals surface area contributed by atoms with Crippen molar-refractivity contribution >= 4 is 23.5 Å². The van der Waals surface area contributed by atoms with Crippen LogP contribution in [-0.4, -0.2) is 59.0 Å². The molecule has 3 rings (SSSR count). The van der Waals surface area contributed by atoms with Gasteiger partial charge in [-0.15, -0.1) is 5.10 Å². The van der Waals surface area contributed by atoms with Crippen LogP contribution in [0.5, 0.6) is 0 Å². The minimum absolute atomic E-state index is 0.0879. The molecule has 0 bridgehead atoms. The molecule has 1 aliphatic heterocycles. The molecule has 10 heteroatoms. The molecule has 0 radical (unpaired) electrons. The summed E-state index contributed by atoms with van der Waals surface area (Å²) in [6.45, 7) is 4.10. The van der Waals surface area contributed by atoms with Crippen LogP contribution in [0.15, 0.2) is 24.4 Å². The first-order valence-electron chi connectivity index (χ1n) is 8.15. The Morgan fingerprint density at radius 2 is 2.04 bits per heavy atom. The molecule has 0 unspecified atom stereocenters. The van der Waals surface area contributed by atoms with Crippen molar-refractivity contribution < 1.29 is 18.3 Å². The van der Waals surface area contributed by atoms with E-state index in [0.29, 0.717) is 38.7 Å². The van der Waals surface area contributed by atoms with Gasteiger partial charge in [0.15, 0.2) is 5.82 Å². The maximum Gasteiger partial charge on any atom is 0.409 e. The number of carbonyl (C=O) groups is 1. The molecular weight excluding hydrogens is 346 g/mol. The Kier molecular flexibility index (Phi) is 5.40. The lowest BCUT2D eigenvalue weighted by molar-refractivity contribution is 0.105. The van der Waals surface area contributed by atoms with E-state index in [1.54, 1.807) is 11.8 Å². The quantitative estimate of drug-likeness (QED) is 0.890. The zero-order valence-electron chi connectivity index (χ0n) is 14.2. The molecular formula is C16H18F2N6O2. The standard InChI is InChI=1S/C16H18F2N6O2/c1-2-26-16(25)24-7-5-23(6-8-24)15-21-14(10-19-22-15)20-13-4-3-11(17)9-12(13)18/h3-4,9-10H,2,5-8H2,1H3,(H,20,21,22). The first kappa shape index (κ1) is 17.8. The van der Waals surface area contributed by atoms with Crippen LogP contribution in [0, 0.1) is 11.6 Å². The van der Waals surface area contributed by atoms with Crippen LogP contribution in [0.2, 0.25) is 0 Å². The summed E-state index contributed by atoms with van der Waals surface area (Å²) in [4.78, 5) is 19.5. The van der Waals surface area contributed by atoms with Crippen molar-refractivity contribution in [2.75, 3.05) is 43.0 Å². The minimum atomic E-state index is -0.729. The summed E-state index contributed by atoms with van der Waals surface area (Å²) < 4.78 is 31.7. The Morgan fingerprint density at radius 1 is 1.27 bits per heavy atom. The van der Waals surface area contributed by atoms with Crippen molar-refractivity contribution in [1.82, 2.24) is 20.1 Å². The van der Waals surface area contributed by atoms with Gasteiger partial charge < -0.3 is 19.9 Å². The SMILES string of the molecule is CCOC(=O)N1CCN(c2nncc(Nc3ccc(F)cc3F)n2)CC1. The topological polar surface area (TPSA) is 83.5 Å². The van der Waals surface area contributed by atoms with E-state index in [-0.39, 0.29) is 17.6 Å². The average Bonchev–Trinajstić information content (AvgIpc) is 2.65. The minimum Gasteiger partial charge on any atom is -0.450 e. The van der Waals surface area contributed by atoms with Crippen molar-refractivity contribution in [3.63, 3.8) is 0 Å². The number of piperazine rings is 1. The first-order valence-corrected chi connectivity index (χ1v) is 8.15. The molecule has 138 valence electrons. The number of rotatable bonds is 4. The predicted molar refractivity (Wildman–Crippen MR) is 90.3 cm³/mol. The van der Waals surface area contributed by atoms with Gasteiger partial charge in [-0.25, -0.2) is 13.6 Å². The lowest BCUT2D eigenvalue weighted by Gasteiger charge is -2.33. The van der Waals surface area contributed by atoms with Crippen molar-refractivity contribution in [1.29, 1.82) is 0 Å². The van der Waals surface area contributed by atoms with Crippen LogP contribution < -0.4 is 10.2 Å². The highest BCUT2D eigenvalue weighted by atomic mass is 19.1. The van der Waals surface area contributed by atoms with Gasteiger partial charge in [-0.1, -0.05) is 0 Å². The summed E-state index contributed by atoms with van der Waals surface area (Å²) >= 11 is 0. The highest BCUT2D eigenvalue weighted by Crippen LogP contribution is 2.20. The normalized spacial score (nSPS) is 14.3. The van der Waals surface area contributed by atoms with Gasteiger partial charge >= 0.3 is 6.09 Å². The fraction of sp³-hybridized carbons (Fsp3) is 0.375. The second-order valence-electron chi connectivity index (χ2n) is 5.56. The van der Waals surface area contributed by atoms with Crippen LogP contribution in [0.25, 0.3) is 0 Å². The second-order valence-corrected chi connectivity index (χ2v) is 5.56. The summed E-state index contributed by atoms with van der Waals surface area (Å²) in [5.74, 6) is -0.739. The van der Waals surface area contributed by atoms with E-state index in [4.69, 9.17) is 4.74 Å². The first-order chi connectivity index (χ1) is 12.6. The van der Waals surface area contributed by atoms with Crippen LogP contribution in [0.1, 0.15) is 6.92 Å². The lowest BCUT2D eigenvalue weighted by Crippen LogP contribution is -2.49. The van der Waals surface area contributed by atoms with Gasteiger partial charge in [-0.05, 0) is 19.1 Å². The molecule has 1 amide bonds. The molecule has 0 spiro atoms. The van der Waals surface area contributed by atoms with Crippen molar-refractivity contribution in [2.24, 2.45) is 0 Å². The van der Waals surface area contributed by atoms with Crippen molar-refractivity contribution in [2.45, 2.75) is 6.92 Å². The Hall–Kier alpha value is -3.04. The largest absolute Gasteiger partial charge is 0.450 e. The molecule has 2 heterocycles. The number of ether oxygens (including phenoxy) is 1. The smallest absolute Gasteiger partial charge is 0.409 e. The molecule has 2 aromatic rings. The van der Waals surface area contributed by atoms with Crippen molar-refractivity contribution in [3.8, 4) is 0 Å². The van der Waals surface area contributed by atoms with Gasteiger partial charge in [0.2, 0.25) is 5.95 Å². The van der Waals surface area contributed by atoms with E-state index in [2.05, 4.69) is 20.5 Å². The molecule has 1 aromatic carbocycles. The van der Waals surface area contributed by atoms with Crippen LogP contribution in [0.3, 0.4) is 0 Å². The third-order valence-corrected chi connectivity index (χ3v) is 3.83. The molecule has 1 aromatic heterocycles. The van der Waals surface area contributed by atoms with Crippen LogP contribution in [0.4, 0.5) is 31.0 Å². The van der Waals surface area contributed by atoms with Gasteiger partial charge in [0.05, 0.1) is 18.5 Å². The van der Waals surface area contributed by atoms with E-state index in [1.807, 2.05) is 4.90 Å². The maximum absolute atomic E-state index is 13.7. The summed E-state index contributed by atoms with van der Waals surface area (Å²) in [6, 6.07) is 3.21. The maximum atomic E-state index is 13.7. The number of nitrogens with zero attached hydrogens (tertiary/aromatic N) is 5. The predicted octanol–water partition coefficient (Wildman–Crippen LogP) is 2.17. The number of anilines is 3. The fourth-order valence-electron chi connectivity index (χ4n) is 2.52. The number of amides is 1. The molecule has 1 N–H and O–H groups in total. The van der Waals surface area contributed by atoms with E-state index in [0.717, 1.165) is 12.1 Å². The van der Waals surface area contributed by atoms with Gasteiger partial charge in [-0.2, -0.15) is 10.1 Å². The summed E-state index contributed by atoms with van der Waals surface area (Å²) in [6.07, 6.45) is 1.01. The molecule has 1 aliphatic rings. The monoisotopic (exact) mass is 364 g/mol. The highest BCUT2D eigenvalue weighted by molar-refractivity contribution is 5.68. The van der Waals surface area contributed by atoms with E-state index >= 15 is 0 Å². The number of halogens is 2.